The van der Waals surface area contributed by atoms with Crippen LogP contribution in [0.3, 0.4) is 0 Å². The van der Waals surface area contributed by atoms with Crippen molar-refractivity contribution in [3.63, 3.8) is 0 Å². The number of hydrogen-bond donors (Lipinski definition) is 0. The highest BCUT2D eigenvalue weighted by atomic mass is 19.1. The fourth-order valence-electron chi connectivity index (χ4n) is 3.91. The number of rotatable bonds is 7. The van der Waals surface area contributed by atoms with Gasteiger partial charge in [-0.05, 0) is 23.3 Å². The van der Waals surface area contributed by atoms with Crippen LogP contribution in [0, 0.1) is 17.5 Å². The lowest BCUT2D eigenvalue weighted by Crippen LogP contribution is -2.16. The lowest BCUT2D eigenvalue weighted by atomic mass is 10.0. The minimum atomic E-state index is -0.821. The molecule has 1 aromatic heterocycles. The Labute approximate surface area is 203 Å². The zero-order chi connectivity index (χ0) is 25.2. The van der Waals surface area contributed by atoms with E-state index in [4.69, 9.17) is 18.9 Å². The van der Waals surface area contributed by atoms with E-state index in [1.807, 2.05) is 0 Å². The molecule has 0 spiro atoms. The maximum absolute atomic E-state index is 14.8. The fourth-order valence-corrected chi connectivity index (χ4v) is 3.91. The molecule has 3 aromatic carbocycles. The zero-order valence-electron chi connectivity index (χ0n) is 19.0. The highest BCUT2D eigenvalue weighted by Crippen LogP contribution is 2.47. The van der Waals surface area contributed by atoms with Gasteiger partial charge in [0.15, 0.2) is 11.5 Å². The second-order valence-electron chi connectivity index (χ2n) is 7.99. The van der Waals surface area contributed by atoms with E-state index in [1.165, 1.54) is 31.6 Å². The molecule has 1 aliphatic heterocycles. The molecular weight excluding hydrogens is 477 g/mol. The Bertz CT molecular complexity index is 1480. The summed E-state index contributed by atoms with van der Waals surface area (Å²) in [7, 11) is 1.50. The molecule has 0 saturated heterocycles. The smallest absolute Gasteiger partial charge is 0.234 e. The monoisotopic (exact) mass is 496 g/mol. The Hall–Kier alpha value is -4.34. The molecule has 10 heteroatoms. The normalized spacial score (nSPS) is 12.4. The second kappa shape index (κ2) is 9.73. The SMILES string of the molecule is COc1cc2ncnc(Oc3ccc(CC(=O)Cc4ccc(F)cc4F)c(F)c3)c2c2c1OCCO2. The highest BCUT2D eigenvalue weighted by Gasteiger charge is 2.25. The fraction of sp³-hybridized carbons (Fsp3) is 0.192. The van der Waals surface area contributed by atoms with Gasteiger partial charge in [0.2, 0.25) is 11.6 Å². The van der Waals surface area contributed by atoms with Crippen LogP contribution >= 0.6 is 0 Å². The highest BCUT2D eigenvalue weighted by molar-refractivity contribution is 5.94. The summed E-state index contributed by atoms with van der Waals surface area (Å²) < 4.78 is 64.4. The molecule has 0 bridgehead atoms. The van der Waals surface area contributed by atoms with Crippen molar-refractivity contribution < 1.29 is 36.9 Å². The number of ketones is 1. The predicted octanol–water partition coefficient (Wildman–Crippen LogP) is 4.97. The molecule has 4 aromatic rings. The first-order valence-corrected chi connectivity index (χ1v) is 11.0. The van der Waals surface area contributed by atoms with E-state index in [-0.39, 0.29) is 35.6 Å². The van der Waals surface area contributed by atoms with Gasteiger partial charge in [0, 0.05) is 31.0 Å². The molecule has 0 aliphatic carbocycles. The quantitative estimate of drug-likeness (QED) is 0.357. The minimum Gasteiger partial charge on any atom is -0.493 e. The minimum absolute atomic E-state index is 0.0450. The Morgan fingerprint density at radius 3 is 2.31 bits per heavy atom. The van der Waals surface area contributed by atoms with E-state index in [1.54, 1.807) is 6.07 Å². The molecule has 0 fully saturated rings. The zero-order valence-corrected chi connectivity index (χ0v) is 19.0. The number of methoxy groups -OCH3 is 1. The molecule has 36 heavy (non-hydrogen) atoms. The Kier molecular flexibility index (Phi) is 6.32. The van der Waals surface area contributed by atoms with Crippen LogP contribution in [0.4, 0.5) is 13.2 Å². The Balaban J connectivity index is 1.38. The van der Waals surface area contributed by atoms with Crippen molar-refractivity contribution in [1.29, 1.82) is 0 Å². The maximum atomic E-state index is 14.8. The van der Waals surface area contributed by atoms with Crippen LogP contribution < -0.4 is 18.9 Å². The van der Waals surface area contributed by atoms with Crippen LogP contribution in [0.2, 0.25) is 0 Å². The molecule has 184 valence electrons. The summed E-state index contributed by atoms with van der Waals surface area (Å²) in [5.41, 5.74) is 0.640. The van der Waals surface area contributed by atoms with E-state index in [2.05, 4.69) is 9.97 Å². The van der Waals surface area contributed by atoms with Crippen molar-refractivity contribution >= 4 is 16.7 Å². The molecule has 1 aliphatic rings. The van der Waals surface area contributed by atoms with Gasteiger partial charge in [-0.25, -0.2) is 23.1 Å². The predicted molar refractivity (Wildman–Crippen MR) is 122 cm³/mol. The van der Waals surface area contributed by atoms with Crippen molar-refractivity contribution in [3.8, 4) is 28.9 Å². The lowest BCUT2D eigenvalue weighted by Gasteiger charge is -2.22. The van der Waals surface area contributed by atoms with Crippen LogP contribution in [0.5, 0.6) is 28.9 Å². The number of Topliss-reactive ketones (excluding diaryl/α,β-unsaturated/α-hetero) is 1. The summed E-state index contributed by atoms with van der Waals surface area (Å²) in [6, 6.07) is 8.66. The van der Waals surface area contributed by atoms with Crippen molar-refractivity contribution in [2.24, 2.45) is 0 Å². The Morgan fingerprint density at radius 1 is 0.917 bits per heavy atom. The lowest BCUT2D eigenvalue weighted by molar-refractivity contribution is -0.117. The van der Waals surface area contributed by atoms with Gasteiger partial charge in [-0.15, -0.1) is 0 Å². The van der Waals surface area contributed by atoms with E-state index < -0.39 is 23.2 Å². The Morgan fingerprint density at radius 2 is 1.61 bits per heavy atom. The summed E-state index contributed by atoms with van der Waals surface area (Å²) in [5, 5.41) is 0.439. The van der Waals surface area contributed by atoms with Crippen molar-refractivity contribution in [2.75, 3.05) is 20.3 Å². The van der Waals surface area contributed by atoms with Crippen LogP contribution in [0.1, 0.15) is 11.1 Å². The average molecular weight is 496 g/mol. The van der Waals surface area contributed by atoms with Crippen LogP contribution in [-0.2, 0) is 17.6 Å². The summed E-state index contributed by atoms with van der Waals surface area (Å²) in [5.74, 6) is -1.19. The van der Waals surface area contributed by atoms with Crippen molar-refractivity contribution in [1.82, 2.24) is 9.97 Å². The number of halogens is 3. The number of hydrogen-bond acceptors (Lipinski definition) is 7. The standard InChI is InChI=1S/C26H19F3N2O5/c1-33-22-12-21-23(25-24(22)34-6-7-35-25)26(31-13-30-21)36-18-5-3-15(20(29)11-18)9-17(32)8-14-2-4-16(27)10-19(14)28/h2-5,10-13H,6-9H2,1H3. The molecule has 0 unspecified atom stereocenters. The van der Waals surface area contributed by atoms with Crippen LogP contribution in [0.15, 0.2) is 48.8 Å². The number of aromatic nitrogens is 2. The van der Waals surface area contributed by atoms with Gasteiger partial charge in [0.25, 0.3) is 0 Å². The van der Waals surface area contributed by atoms with E-state index in [0.29, 0.717) is 47.4 Å². The van der Waals surface area contributed by atoms with Crippen molar-refractivity contribution in [2.45, 2.75) is 12.8 Å². The van der Waals surface area contributed by atoms with Gasteiger partial charge in [-0.1, -0.05) is 12.1 Å². The van der Waals surface area contributed by atoms with Crippen LogP contribution in [-0.4, -0.2) is 36.1 Å². The first-order chi connectivity index (χ1) is 17.4. The molecule has 2 heterocycles. The number of benzene rings is 3. The van der Waals surface area contributed by atoms with Gasteiger partial charge in [0.1, 0.15) is 53.9 Å². The van der Waals surface area contributed by atoms with Crippen LogP contribution in [0.25, 0.3) is 10.9 Å². The van der Waals surface area contributed by atoms with Gasteiger partial charge >= 0.3 is 0 Å². The molecule has 5 rings (SSSR count). The molecule has 0 saturated carbocycles. The topological polar surface area (TPSA) is 79.8 Å². The molecule has 0 amide bonds. The average Bonchev–Trinajstić information content (AvgIpc) is 2.87. The van der Waals surface area contributed by atoms with E-state index >= 15 is 0 Å². The third kappa shape index (κ3) is 4.61. The van der Waals surface area contributed by atoms with E-state index in [0.717, 1.165) is 12.1 Å². The summed E-state index contributed by atoms with van der Waals surface area (Å²) in [4.78, 5) is 20.8. The summed E-state index contributed by atoms with van der Waals surface area (Å²) in [6.45, 7) is 0.653. The number of ether oxygens (including phenoxy) is 4. The number of carbonyl (C=O) groups is 1. The number of nitrogens with zero attached hydrogens (tertiary/aromatic N) is 2. The summed E-state index contributed by atoms with van der Waals surface area (Å²) in [6.07, 6.45) is 0.746. The number of fused-ring (bicyclic) bond motifs is 3. The third-order valence-electron chi connectivity index (χ3n) is 5.59. The first kappa shape index (κ1) is 23.4. The van der Waals surface area contributed by atoms with Gasteiger partial charge in [-0.3, -0.25) is 4.79 Å². The number of carbonyl (C=O) groups excluding carboxylic acids is 1. The van der Waals surface area contributed by atoms with Gasteiger partial charge in [0.05, 0.1) is 12.6 Å². The molecule has 0 atom stereocenters. The largest absolute Gasteiger partial charge is 0.493 e. The summed E-state index contributed by atoms with van der Waals surface area (Å²) >= 11 is 0. The second-order valence-corrected chi connectivity index (χ2v) is 7.99. The third-order valence-corrected chi connectivity index (χ3v) is 5.59. The molecular formula is C26H19F3N2O5. The van der Waals surface area contributed by atoms with E-state index in [9.17, 15) is 18.0 Å². The molecule has 0 N–H and O–H groups in total. The van der Waals surface area contributed by atoms with Crippen molar-refractivity contribution in [3.05, 3.63) is 77.4 Å². The first-order valence-electron chi connectivity index (χ1n) is 11.0. The molecule has 0 radical (unpaired) electrons. The molecule has 7 nitrogen and oxygen atoms in total. The van der Waals surface area contributed by atoms with Gasteiger partial charge < -0.3 is 18.9 Å². The van der Waals surface area contributed by atoms with Gasteiger partial charge in [-0.2, -0.15) is 0 Å². The maximum Gasteiger partial charge on any atom is 0.234 e.